The molecule has 3 aliphatic rings. The average molecular weight is 222 g/mol. The van der Waals surface area contributed by atoms with Crippen LogP contribution in [0.3, 0.4) is 0 Å². The fourth-order valence-electron chi connectivity index (χ4n) is 4.76. The minimum Gasteiger partial charge on any atom is -0.371 e. The lowest BCUT2D eigenvalue weighted by atomic mass is 9.62. The Labute approximate surface area is 99.9 Å². The zero-order chi connectivity index (χ0) is 11.6. The van der Waals surface area contributed by atoms with Gasteiger partial charge in [-0.25, -0.2) is 0 Å². The van der Waals surface area contributed by atoms with Crippen LogP contribution in [-0.4, -0.2) is 11.7 Å². The Hall–Kier alpha value is -0.0400. The Morgan fingerprint density at radius 2 is 1.88 bits per heavy atom. The van der Waals surface area contributed by atoms with Crippen molar-refractivity contribution in [2.24, 2.45) is 23.2 Å². The van der Waals surface area contributed by atoms with Crippen LogP contribution in [0.15, 0.2) is 0 Å². The quantitative estimate of drug-likeness (QED) is 0.601. The minimum absolute atomic E-state index is 0.289. The van der Waals surface area contributed by atoms with E-state index < -0.39 is 0 Å². The lowest BCUT2D eigenvalue weighted by Gasteiger charge is -2.56. The Morgan fingerprint density at radius 3 is 2.62 bits per heavy atom. The van der Waals surface area contributed by atoms with Crippen LogP contribution in [0.25, 0.3) is 0 Å². The molecule has 2 aliphatic heterocycles. The molecule has 2 heterocycles. The Balaban J connectivity index is 1.96. The maximum Gasteiger partial charge on any atom is 0.0720 e. The van der Waals surface area contributed by atoms with E-state index in [1.54, 1.807) is 0 Å². The largest absolute Gasteiger partial charge is 0.371 e. The SMILES string of the molecule is C[C@H]1C[C@H]2O[C@@]3(CC[C@@H](C)[C@@H]3CC2(C)C)C1. The molecule has 0 aromatic rings. The van der Waals surface area contributed by atoms with Gasteiger partial charge in [0.25, 0.3) is 0 Å². The molecule has 0 unspecified atom stereocenters. The maximum atomic E-state index is 6.59. The second kappa shape index (κ2) is 3.25. The predicted molar refractivity (Wildman–Crippen MR) is 66.3 cm³/mol. The molecule has 1 nitrogen and oxygen atoms in total. The van der Waals surface area contributed by atoms with E-state index in [1.807, 2.05) is 0 Å². The molecule has 16 heavy (non-hydrogen) atoms. The molecule has 3 rings (SSSR count). The standard InChI is InChI=1S/C15H26O/c1-10-7-13-14(3,4)9-12-11(2)5-6-15(12,8-10)16-13/h10-13H,5-9H2,1-4H3/t10-,11+,12-,13+,15-/m0/s1. The van der Waals surface area contributed by atoms with Crippen molar-refractivity contribution >= 4 is 0 Å². The van der Waals surface area contributed by atoms with Crippen molar-refractivity contribution < 1.29 is 4.74 Å². The van der Waals surface area contributed by atoms with Gasteiger partial charge in [0.15, 0.2) is 0 Å². The fourth-order valence-corrected chi connectivity index (χ4v) is 4.76. The lowest BCUT2D eigenvalue weighted by molar-refractivity contribution is -0.240. The summed E-state index contributed by atoms with van der Waals surface area (Å²) in [6, 6.07) is 0. The van der Waals surface area contributed by atoms with E-state index in [0.29, 0.717) is 11.5 Å². The number of hydrogen-bond donors (Lipinski definition) is 0. The molecule has 1 saturated carbocycles. The molecule has 0 aromatic heterocycles. The monoisotopic (exact) mass is 222 g/mol. The highest BCUT2D eigenvalue weighted by molar-refractivity contribution is 5.08. The number of ether oxygens (including phenoxy) is 1. The first-order valence-corrected chi connectivity index (χ1v) is 7.11. The zero-order valence-electron chi connectivity index (χ0n) is 11.3. The van der Waals surface area contributed by atoms with Crippen LogP contribution in [0.2, 0.25) is 0 Å². The smallest absolute Gasteiger partial charge is 0.0720 e. The third-order valence-corrected chi connectivity index (χ3v) is 5.69. The summed E-state index contributed by atoms with van der Waals surface area (Å²) >= 11 is 0. The number of fused-ring (bicyclic) bond motifs is 1. The molecular weight excluding hydrogens is 196 g/mol. The van der Waals surface area contributed by atoms with E-state index >= 15 is 0 Å². The van der Waals surface area contributed by atoms with Gasteiger partial charge in [-0.05, 0) is 55.3 Å². The van der Waals surface area contributed by atoms with Gasteiger partial charge < -0.3 is 4.74 Å². The first-order valence-electron chi connectivity index (χ1n) is 7.11. The summed E-state index contributed by atoms with van der Waals surface area (Å²) in [5.41, 5.74) is 0.693. The van der Waals surface area contributed by atoms with Gasteiger partial charge in [0.2, 0.25) is 0 Å². The van der Waals surface area contributed by atoms with Crippen LogP contribution in [0.5, 0.6) is 0 Å². The average Bonchev–Trinajstić information content (AvgIpc) is 2.45. The third-order valence-electron chi connectivity index (χ3n) is 5.69. The number of hydrogen-bond acceptors (Lipinski definition) is 1. The normalized spacial score (nSPS) is 54.8. The molecule has 0 aromatic carbocycles. The van der Waals surface area contributed by atoms with E-state index in [2.05, 4.69) is 27.7 Å². The lowest BCUT2D eigenvalue weighted by Crippen LogP contribution is -2.57. The van der Waals surface area contributed by atoms with Gasteiger partial charge in [0.05, 0.1) is 11.7 Å². The van der Waals surface area contributed by atoms with Gasteiger partial charge in [-0.1, -0.05) is 27.7 Å². The van der Waals surface area contributed by atoms with E-state index in [9.17, 15) is 0 Å². The van der Waals surface area contributed by atoms with Crippen LogP contribution >= 0.6 is 0 Å². The molecular formula is C15H26O. The summed E-state index contributed by atoms with van der Waals surface area (Å²) < 4.78 is 6.59. The molecule has 2 saturated heterocycles. The molecule has 0 amide bonds. The highest BCUT2D eigenvalue weighted by Gasteiger charge is 2.58. The van der Waals surface area contributed by atoms with Gasteiger partial charge in [0.1, 0.15) is 0 Å². The Bertz CT molecular complexity index is 296. The fraction of sp³-hybridized carbons (Fsp3) is 1.00. The molecule has 1 aliphatic carbocycles. The highest BCUT2D eigenvalue weighted by Crippen LogP contribution is 2.59. The van der Waals surface area contributed by atoms with Gasteiger partial charge in [-0.3, -0.25) is 0 Å². The summed E-state index contributed by atoms with van der Waals surface area (Å²) in [4.78, 5) is 0. The highest BCUT2D eigenvalue weighted by atomic mass is 16.5. The molecule has 0 N–H and O–H groups in total. The van der Waals surface area contributed by atoms with Crippen LogP contribution in [0, 0.1) is 23.2 Å². The molecule has 0 radical (unpaired) electrons. The Morgan fingerprint density at radius 1 is 1.12 bits per heavy atom. The zero-order valence-corrected chi connectivity index (χ0v) is 11.3. The Kier molecular flexibility index (Phi) is 2.25. The molecule has 5 atom stereocenters. The first-order chi connectivity index (χ1) is 7.43. The van der Waals surface area contributed by atoms with E-state index in [0.717, 1.165) is 17.8 Å². The van der Waals surface area contributed by atoms with E-state index in [-0.39, 0.29) is 5.60 Å². The minimum atomic E-state index is 0.289. The number of rotatable bonds is 0. The molecule has 92 valence electrons. The maximum absolute atomic E-state index is 6.59. The van der Waals surface area contributed by atoms with Gasteiger partial charge in [-0.2, -0.15) is 0 Å². The van der Waals surface area contributed by atoms with Crippen molar-refractivity contribution in [2.45, 2.75) is 71.5 Å². The summed E-state index contributed by atoms with van der Waals surface area (Å²) in [7, 11) is 0. The summed E-state index contributed by atoms with van der Waals surface area (Å²) in [6.45, 7) is 9.71. The van der Waals surface area contributed by atoms with Crippen LogP contribution < -0.4 is 0 Å². The molecule has 3 fully saturated rings. The second-order valence-electron chi connectivity index (χ2n) is 7.53. The van der Waals surface area contributed by atoms with Crippen LogP contribution in [0.4, 0.5) is 0 Å². The van der Waals surface area contributed by atoms with Crippen molar-refractivity contribution in [2.75, 3.05) is 0 Å². The van der Waals surface area contributed by atoms with E-state index in [1.165, 1.54) is 32.1 Å². The van der Waals surface area contributed by atoms with Crippen molar-refractivity contribution in [3.05, 3.63) is 0 Å². The van der Waals surface area contributed by atoms with E-state index in [4.69, 9.17) is 4.74 Å². The topological polar surface area (TPSA) is 9.23 Å². The predicted octanol–water partition coefficient (Wildman–Crippen LogP) is 4.02. The van der Waals surface area contributed by atoms with Crippen LogP contribution in [0.1, 0.15) is 59.8 Å². The van der Waals surface area contributed by atoms with Gasteiger partial charge in [0, 0.05) is 0 Å². The van der Waals surface area contributed by atoms with Gasteiger partial charge >= 0.3 is 0 Å². The van der Waals surface area contributed by atoms with Crippen LogP contribution in [-0.2, 0) is 4.74 Å². The van der Waals surface area contributed by atoms with Crippen molar-refractivity contribution in [3.63, 3.8) is 0 Å². The summed E-state index contributed by atoms with van der Waals surface area (Å²) in [5.74, 6) is 2.58. The van der Waals surface area contributed by atoms with Crippen molar-refractivity contribution in [1.29, 1.82) is 0 Å². The van der Waals surface area contributed by atoms with Crippen molar-refractivity contribution in [3.8, 4) is 0 Å². The molecule has 1 heteroatoms. The first kappa shape index (κ1) is 11.1. The third kappa shape index (κ3) is 1.40. The van der Waals surface area contributed by atoms with Gasteiger partial charge in [-0.15, -0.1) is 0 Å². The summed E-state index contributed by atoms with van der Waals surface area (Å²) in [6.07, 6.45) is 7.25. The summed E-state index contributed by atoms with van der Waals surface area (Å²) in [5, 5.41) is 0. The molecule has 1 spiro atoms. The molecule has 2 bridgehead atoms. The van der Waals surface area contributed by atoms with Crippen molar-refractivity contribution in [1.82, 2.24) is 0 Å². The second-order valence-corrected chi connectivity index (χ2v) is 7.53.